The maximum absolute atomic E-state index is 11.9. The van der Waals surface area contributed by atoms with Crippen LogP contribution in [0, 0.1) is 11.3 Å². The van der Waals surface area contributed by atoms with E-state index >= 15 is 0 Å². The van der Waals surface area contributed by atoms with E-state index in [4.69, 9.17) is 4.74 Å². The quantitative estimate of drug-likeness (QED) is 0.753. The average Bonchev–Trinajstić information content (AvgIpc) is 2.26. The second kappa shape index (κ2) is 5.80. The minimum absolute atomic E-state index is 0.121. The summed E-state index contributed by atoms with van der Waals surface area (Å²) in [6.07, 6.45) is 2.38. The number of hydrogen-bond donors (Lipinski definition) is 0. The average molecular weight is 235 g/mol. The van der Waals surface area contributed by atoms with Gasteiger partial charge in [0.05, 0.1) is 12.5 Å². The lowest BCUT2D eigenvalue weighted by atomic mass is 9.78. The summed E-state index contributed by atoms with van der Waals surface area (Å²) in [5.74, 6) is -0.289. The van der Waals surface area contributed by atoms with Crippen LogP contribution in [0.1, 0.15) is 33.4 Å². The van der Waals surface area contributed by atoms with Gasteiger partial charge >= 0.3 is 5.97 Å². The molecule has 0 aliphatic heterocycles. The van der Waals surface area contributed by atoms with Gasteiger partial charge in [0, 0.05) is 18.3 Å². The molecule has 0 saturated carbocycles. The highest BCUT2D eigenvalue weighted by atomic mass is 16.5. The number of esters is 1. The predicted octanol–water partition coefficient (Wildman–Crippen LogP) is 2.85. The molecule has 0 radical (unpaired) electrons. The van der Waals surface area contributed by atoms with E-state index in [1.807, 2.05) is 25.1 Å². The Kier molecular flexibility index (Phi) is 4.67. The van der Waals surface area contributed by atoms with Gasteiger partial charge < -0.3 is 4.74 Å². The zero-order chi connectivity index (χ0) is 12.9. The zero-order valence-electron chi connectivity index (χ0n) is 11.1. The number of nitrogens with zero attached hydrogens (tertiary/aromatic N) is 1. The van der Waals surface area contributed by atoms with Gasteiger partial charge in [-0.25, -0.2) is 0 Å². The summed E-state index contributed by atoms with van der Waals surface area (Å²) in [5, 5.41) is 0. The number of aromatic nitrogens is 1. The van der Waals surface area contributed by atoms with Crippen LogP contribution in [0.5, 0.6) is 0 Å². The molecule has 0 amide bonds. The first kappa shape index (κ1) is 13.7. The Morgan fingerprint density at radius 1 is 1.41 bits per heavy atom. The maximum Gasteiger partial charge on any atom is 0.309 e. The molecule has 0 saturated heterocycles. The topological polar surface area (TPSA) is 39.2 Å². The number of pyridine rings is 1. The summed E-state index contributed by atoms with van der Waals surface area (Å²) < 4.78 is 5.14. The SMILES string of the molecule is CCOC(=O)C(Cc1ccccn1)C(C)(C)C. The molecule has 3 heteroatoms. The monoisotopic (exact) mass is 235 g/mol. The number of rotatable bonds is 4. The van der Waals surface area contributed by atoms with Crippen LogP contribution in [0.25, 0.3) is 0 Å². The molecule has 1 aromatic rings. The molecule has 1 heterocycles. The Balaban J connectivity index is 2.82. The summed E-state index contributed by atoms with van der Waals surface area (Å²) in [6.45, 7) is 8.42. The van der Waals surface area contributed by atoms with Gasteiger partial charge in [0.2, 0.25) is 0 Å². The number of hydrogen-bond acceptors (Lipinski definition) is 3. The lowest BCUT2D eigenvalue weighted by Gasteiger charge is -2.28. The minimum Gasteiger partial charge on any atom is -0.466 e. The first-order valence-electron chi connectivity index (χ1n) is 6.01. The van der Waals surface area contributed by atoms with Crippen LogP contribution in [0.3, 0.4) is 0 Å². The van der Waals surface area contributed by atoms with Gasteiger partial charge in [-0.05, 0) is 24.5 Å². The molecule has 3 nitrogen and oxygen atoms in total. The largest absolute Gasteiger partial charge is 0.466 e. The third kappa shape index (κ3) is 4.17. The Labute approximate surface area is 103 Å². The van der Waals surface area contributed by atoms with Gasteiger partial charge in [-0.15, -0.1) is 0 Å². The Morgan fingerprint density at radius 2 is 2.12 bits per heavy atom. The van der Waals surface area contributed by atoms with Crippen molar-refractivity contribution >= 4 is 5.97 Å². The van der Waals surface area contributed by atoms with Crippen molar-refractivity contribution in [2.75, 3.05) is 6.61 Å². The van der Waals surface area contributed by atoms with Crippen molar-refractivity contribution in [1.29, 1.82) is 0 Å². The van der Waals surface area contributed by atoms with E-state index in [0.29, 0.717) is 13.0 Å². The minimum atomic E-state index is -0.155. The number of carbonyl (C=O) groups is 1. The third-order valence-corrected chi connectivity index (χ3v) is 2.76. The van der Waals surface area contributed by atoms with Crippen LogP contribution in [-0.4, -0.2) is 17.6 Å². The standard InChI is InChI=1S/C14H21NO2/c1-5-17-13(16)12(14(2,3)4)10-11-8-6-7-9-15-11/h6-9,12H,5,10H2,1-4H3. The van der Waals surface area contributed by atoms with Crippen LogP contribution in [0.15, 0.2) is 24.4 Å². The van der Waals surface area contributed by atoms with Crippen LogP contribution in [0.4, 0.5) is 0 Å². The van der Waals surface area contributed by atoms with Crippen molar-refractivity contribution in [3.05, 3.63) is 30.1 Å². The van der Waals surface area contributed by atoms with E-state index in [9.17, 15) is 4.79 Å². The number of carbonyl (C=O) groups excluding carboxylic acids is 1. The fourth-order valence-corrected chi connectivity index (χ4v) is 1.71. The van der Waals surface area contributed by atoms with Crippen molar-refractivity contribution in [1.82, 2.24) is 4.98 Å². The van der Waals surface area contributed by atoms with Crippen molar-refractivity contribution < 1.29 is 9.53 Å². The zero-order valence-corrected chi connectivity index (χ0v) is 11.1. The molecular formula is C14H21NO2. The Bertz CT molecular complexity index is 354. The molecule has 94 valence electrons. The fraction of sp³-hybridized carbons (Fsp3) is 0.571. The Hall–Kier alpha value is -1.38. The molecule has 1 unspecified atom stereocenters. The molecule has 0 N–H and O–H groups in total. The highest BCUT2D eigenvalue weighted by molar-refractivity contribution is 5.73. The highest BCUT2D eigenvalue weighted by Gasteiger charge is 2.32. The lowest BCUT2D eigenvalue weighted by molar-refractivity contribution is -0.151. The first-order valence-corrected chi connectivity index (χ1v) is 6.01. The predicted molar refractivity (Wildman–Crippen MR) is 67.5 cm³/mol. The van der Waals surface area contributed by atoms with E-state index in [2.05, 4.69) is 25.8 Å². The summed E-state index contributed by atoms with van der Waals surface area (Å²) >= 11 is 0. The first-order chi connectivity index (χ1) is 7.95. The van der Waals surface area contributed by atoms with E-state index in [1.54, 1.807) is 6.20 Å². The molecule has 0 fully saturated rings. The third-order valence-electron chi connectivity index (χ3n) is 2.76. The molecule has 1 rings (SSSR count). The second-order valence-corrected chi connectivity index (χ2v) is 5.20. The van der Waals surface area contributed by atoms with Crippen molar-refractivity contribution in [2.24, 2.45) is 11.3 Å². The van der Waals surface area contributed by atoms with Crippen LogP contribution < -0.4 is 0 Å². The summed E-state index contributed by atoms with van der Waals surface area (Å²) in [6, 6.07) is 5.76. The molecule has 0 aromatic carbocycles. The Morgan fingerprint density at radius 3 is 2.59 bits per heavy atom. The van der Waals surface area contributed by atoms with Crippen LogP contribution in [0.2, 0.25) is 0 Å². The molecule has 1 aromatic heterocycles. The van der Waals surface area contributed by atoms with Gasteiger partial charge in [0.15, 0.2) is 0 Å². The normalized spacial score (nSPS) is 13.2. The van der Waals surface area contributed by atoms with Crippen molar-refractivity contribution in [2.45, 2.75) is 34.1 Å². The molecule has 0 bridgehead atoms. The second-order valence-electron chi connectivity index (χ2n) is 5.20. The molecule has 0 spiro atoms. The van der Waals surface area contributed by atoms with Crippen LogP contribution in [-0.2, 0) is 16.0 Å². The summed E-state index contributed by atoms with van der Waals surface area (Å²) in [7, 11) is 0. The van der Waals surface area contributed by atoms with E-state index < -0.39 is 0 Å². The van der Waals surface area contributed by atoms with E-state index in [0.717, 1.165) is 5.69 Å². The van der Waals surface area contributed by atoms with E-state index in [1.165, 1.54) is 0 Å². The fourth-order valence-electron chi connectivity index (χ4n) is 1.71. The van der Waals surface area contributed by atoms with Crippen molar-refractivity contribution in [3.63, 3.8) is 0 Å². The van der Waals surface area contributed by atoms with Gasteiger partial charge in [-0.1, -0.05) is 26.8 Å². The van der Waals surface area contributed by atoms with Gasteiger partial charge in [-0.3, -0.25) is 9.78 Å². The summed E-state index contributed by atoms with van der Waals surface area (Å²) in [4.78, 5) is 16.2. The lowest BCUT2D eigenvalue weighted by Crippen LogP contribution is -2.32. The highest BCUT2D eigenvalue weighted by Crippen LogP contribution is 2.29. The smallest absolute Gasteiger partial charge is 0.309 e. The summed E-state index contributed by atoms with van der Waals surface area (Å²) in [5.41, 5.74) is 0.810. The molecule has 1 atom stereocenters. The van der Waals surface area contributed by atoms with E-state index in [-0.39, 0.29) is 17.3 Å². The molecule has 0 aliphatic rings. The van der Waals surface area contributed by atoms with Gasteiger partial charge in [0.1, 0.15) is 0 Å². The molecule has 0 aliphatic carbocycles. The molecular weight excluding hydrogens is 214 g/mol. The van der Waals surface area contributed by atoms with Crippen LogP contribution >= 0.6 is 0 Å². The van der Waals surface area contributed by atoms with Crippen molar-refractivity contribution in [3.8, 4) is 0 Å². The number of ether oxygens (including phenoxy) is 1. The van der Waals surface area contributed by atoms with Gasteiger partial charge in [0.25, 0.3) is 0 Å². The van der Waals surface area contributed by atoms with Gasteiger partial charge in [-0.2, -0.15) is 0 Å². The maximum atomic E-state index is 11.9. The molecule has 17 heavy (non-hydrogen) atoms.